The average molecular weight is 1390 g/mol. The summed E-state index contributed by atoms with van der Waals surface area (Å²) in [6.45, 7) is 16.3. The third-order valence-corrected chi connectivity index (χ3v) is 21.1. The number of anilines is 6. The molecule has 10 atom stereocenters. The summed E-state index contributed by atoms with van der Waals surface area (Å²) in [5.74, 6) is 3.40. The molecule has 4 N–H and O–H groups in total. The number of pyridine rings is 5. The smallest absolute Gasteiger partial charge is 0.412 e. The average Bonchev–Trinajstić information content (AvgIpc) is 1.28. The van der Waals surface area contributed by atoms with Gasteiger partial charge in [-0.1, -0.05) is 58.0 Å². The maximum absolute atomic E-state index is 11.9. The van der Waals surface area contributed by atoms with E-state index in [9.17, 15) is 9.18 Å². The zero-order valence-electron chi connectivity index (χ0n) is 50.1. The second-order valence-corrected chi connectivity index (χ2v) is 28.4. The van der Waals surface area contributed by atoms with Crippen molar-refractivity contribution >= 4 is 121 Å². The minimum absolute atomic E-state index is 0.402. The van der Waals surface area contributed by atoms with Crippen LogP contribution in [0.3, 0.4) is 0 Å². The van der Waals surface area contributed by atoms with Gasteiger partial charge in [0.1, 0.15) is 28.9 Å². The molecular weight excluding hydrogens is 1310 g/mol. The van der Waals surface area contributed by atoms with Crippen molar-refractivity contribution in [2.24, 2.45) is 0 Å². The van der Waals surface area contributed by atoms with Crippen LogP contribution in [0.25, 0.3) is 0 Å². The summed E-state index contributed by atoms with van der Waals surface area (Å²) >= 11 is 31.5. The Morgan fingerprint density at radius 1 is 0.535 bits per heavy atom. The number of carbonyl (C=O) groups is 1. The van der Waals surface area contributed by atoms with Gasteiger partial charge < -0.3 is 35.4 Å². The van der Waals surface area contributed by atoms with Gasteiger partial charge in [-0.05, 0) is 141 Å². The molecule has 0 spiro atoms. The topological polar surface area (TPSA) is 170 Å². The Morgan fingerprint density at radius 2 is 0.907 bits per heavy atom. The monoisotopic (exact) mass is 1390 g/mol. The maximum atomic E-state index is 11.9. The molecule has 19 nitrogen and oxygen atoms in total. The van der Waals surface area contributed by atoms with E-state index in [0.29, 0.717) is 67.7 Å². The SMILES string of the molecule is CN1C2CC1CN(c1ccc(Cl)cn1)C2.CN1C2CNCC1C2.CN1C2C[C@H]1CN(c1cc(I)c(Cl)cn1)C2.CN1C2C[C@H]1CN(c1cc(N)c(Cl)cn1)C2.CN1C2C[C@H]1CN(c1cc(NC(=O)OC(C)(C)C)c(Cl)cn1)C2.Fc1ccc(Cl)cn1. The number of likely N-dealkylation sites (N-methyl/N-ethyl adjacent to an activating group) is 5. The van der Waals surface area contributed by atoms with E-state index in [-0.39, 0.29) is 0 Å². The Hall–Kier alpha value is -4.11. The normalized spacial score (nSPS) is 27.7. The first kappa shape index (κ1) is 64.9. The highest BCUT2D eigenvalue weighted by atomic mass is 127. The Morgan fingerprint density at radius 3 is 1.26 bits per heavy atom. The number of hydrogen-bond donors (Lipinski definition) is 3. The summed E-state index contributed by atoms with van der Waals surface area (Å²) in [5.41, 5.74) is 6.38. The van der Waals surface area contributed by atoms with Crippen molar-refractivity contribution in [1.82, 2.24) is 54.7 Å². The molecule has 15 aliphatic heterocycles. The van der Waals surface area contributed by atoms with E-state index in [1.54, 1.807) is 24.8 Å². The molecule has 0 aromatic carbocycles. The molecule has 5 aromatic heterocycles. The molecule has 20 rings (SSSR count). The molecule has 86 heavy (non-hydrogen) atoms. The highest BCUT2D eigenvalue weighted by Gasteiger charge is 2.46. The number of hydrogen-bond acceptors (Lipinski definition) is 18. The van der Waals surface area contributed by atoms with Crippen LogP contribution in [0.1, 0.15) is 52.9 Å². The summed E-state index contributed by atoms with van der Waals surface area (Å²) in [7, 11) is 11.0. The van der Waals surface area contributed by atoms with Crippen LogP contribution in [0, 0.1) is 9.52 Å². The van der Waals surface area contributed by atoms with Gasteiger partial charge in [-0.25, -0.2) is 29.7 Å². The van der Waals surface area contributed by atoms with Gasteiger partial charge in [-0.15, -0.1) is 0 Å². The van der Waals surface area contributed by atoms with E-state index in [1.807, 2.05) is 45.0 Å². The number of halogens is 7. The van der Waals surface area contributed by atoms with E-state index >= 15 is 0 Å². The zero-order valence-corrected chi connectivity index (χ0v) is 56.0. The van der Waals surface area contributed by atoms with Crippen LogP contribution in [0.2, 0.25) is 25.1 Å². The lowest BCUT2D eigenvalue weighted by Crippen LogP contribution is -2.67. The summed E-state index contributed by atoms with van der Waals surface area (Å²) in [6.07, 6.45) is 14.1. The van der Waals surface area contributed by atoms with Gasteiger partial charge in [0.25, 0.3) is 0 Å². The minimum atomic E-state index is -0.550. The lowest BCUT2D eigenvalue weighted by atomic mass is 9.88. The quantitative estimate of drug-likeness (QED) is 0.112. The van der Waals surface area contributed by atoms with Crippen molar-refractivity contribution < 1.29 is 13.9 Å². The van der Waals surface area contributed by atoms with E-state index in [4.69, 9.17) is 68.5 Å². The molecule has 15 aliphatic rings. The van der Waals surface area contributed by atoms with Gasteiger partial charge in [-0.3, -0.25) is 29.8 Å². The molecule has 466 valence electrons. The van der Waals surface area contributed by atoms with E-state index in [0.717, 1.165) is 108 Å². The largest absolute Gasteiger partial charge is 0.444 e. The standard InChI is InChI=1S/C16H23ClN4O2.C11H13ClIN3.C11H15ClN4.C11H14ClN3.C6H12N2.C5H3ClFN/c1-16(2,3)23-15(22)19-13-6-14(18-7-12(13)17)21-8-10-5-11(9-21)20(10)4;2*1-15-7-2-8(15)6-16(5-7)11-3-10(13)9(12)4-14-11;1-14-9-4-10(14)7-15(6-9)11-3-2-8(12)5-13-11;1-8-5-2-6(8)4-7-3-5;6-4-1-2-5(7)8-3-4/h6-7,10-11H,5,8-9H2,1-4H3,(H,18,19,22);3-4,7-8H,2,5-6H2,1H3;3-4,7-8H,2,5-6H2,1H3,(H2,13,14);2-3,5,9-10H,4,6-7H2,1H3;5-7H,2-4H2,1H3;1-3H/t10-,11?;2*7-,8?;;;/m000.../s1. The Bertz CT molecular complexity index is 2960. The third-order valence-electron chi connectivity index (χ3n) is 18.5. The number of nitrogens with two attached hydrogens (primary N) is 1. The zero-order chi connectivity index (χ0) is 61.3. The fourth-order valence-electron chi connectivity index (χ4n) is 12.8. The molecule has 10 bridgehead atoms. The number of aromatic nitrogens is 5. The van der Waals surface area contributed by atoms with Gasteiger partial charge in [0.2, 0.25) is 5.95 Å². The van der Waals surface area contributed by atoms with E-state index in [2.05, 4.69) is 144 Å². The van der Waals surface area contributed by atoms with Crippen LogP contribution in [0.15, 0.2) is 73.4 Å². The number of fused-ring (bicyclic) bond motifs is 10. The van der Waals surface area contributed by atoms with Crippen molar-refractivity contribution in [3.8, 4) is 0 Å². The van der Waals surface area contributed by atoms with Crippen LogP contribution >= 0.6 is 80.6 Å². The van der Waals surface area contributed by atoms with Crippen molar-refractivity contribution in [3.05, 3.63) is 108 Å². The molecule has 5 aromatic rings. The van der Waals surface area contributed by atoms with E-state index < -0.39 is 17.6 Å². The highest BCUT2D eigenvalue weighted by Crippen LogP contribution is 2.38. The second-order valence-electron chi connectivity index (χ2n) is 25.1. The number of ether oxygens (including phenoxy) is 1. The lowest BCUT2D eigenvalue weighted by molar-refractivity contribution is 0.0125. The second kappa shape index (κ2) is 28.0. The van der Waals surface area contributed by atoms with Gasteiger partial charge in [0.15, 0.2) is 0 Å². The minimum Gasteiger partial charge on any atom is -0.444 e. The number of nitrogen functional groups attached to an aromatic ring is 1. The van der Waals surface area contributed by atoms with Crippen LogP contribution in [-0.4, -0.2) is 222 Å². The molecule has 15 fully saturated rings. The number of piperidine rings is 5. The molecule has 15 saturated heterocycles. The summed E-state index contributed by atoms with van der Waals surface area (Å²) in [6, 6.07) is 19.5. The highest BCUT2D eigenvalue weighted by molar-refractivity contribution is 14.1. The summed E-state index contributed by atoms with van der Waals surface area (Å²) in [5, 5.41) is 8.91. The van der Waals surface area contributed by atoms with Crippen LogP contribution in [-0.2, 0) is 4.74 Å². The van der Waals surface area contributed by atoms with Crippen molar-refractivity contribution in [2.45, 2.75) is 119 Å². The van der Waals surface area contributed by atoms with Crippen molar-refractivity contribution in [1.29, 1.82) is 0 Å². The van der Waals surface area contributed by atoms with Crippen LogP contribution in [0.5, 0.6) is 0 Å². The Kier molecular flexibility index (Phi) is 21.1. The fraction of sp³-hybridized carbons (Fsp3) is 0.567. The molecule has 0 saturated carbocycles. The van der Waals surface area contributed by atoms with Crippen molar-refractivity contribution in [2.75, 3.05) is 131 Å². The Balaban J connectivity index is 0.000000118. The molecule has 0 radical (unpaired) electrons. The Labute approximate surface area is 544 Å². The van der Waals surface area contributed by atoms with E-state index in [1.165, 1.54) is 63.5 Å². The molecule has 1 amide bonds. The lowest BCUT2D eigenvalue weighted by Gasteiger charge is -2.55. The van der Waals surface area contributed by atoms with Crippen molar-refractivity contribution in [3.63, 3.8) is 0 Å². The fourth-order valence-corrected chi connectivity index (χ4v) is 13.8. The summed E-state index contributed by atoms with van der Waals surface area (Å²) < 4.78 is 18.3. The molecule has 7 unspecified atom stereocenters. The predicted octanol–water partition coefficient (Wildman–Crippen LogP) is 9.58. The molecule has 26 heteroatoms. The maximum Gasteiger partial charge on any atom is 0.412 e. The van der Waals surface area contributed by atoms with Gasteiger partial charge >= 0.3 is 6.09 Å². The molecule has 20 heterocycles. The first-order valence-corrected chi connectivity index (χ1v) is 32.5. The number of nitrogens with zero attached hydrogens (tertiary/aromatic N) is 14. The first-order valence-electron chi connectivity index (χ1n) is 29.5. The van der Waals surface area contributed by atoms with Gasteiger partial charge in [0.05, 0.1) is 42.7 Å². The van der Waals surface area contributed by atoms with Crippen LogP contribution in [0.4, 0.5) is 43.8 Å². The predicted molar refractivity (Wildman–Crippen MR) is 355 cm³/mol. The van der Waals surface area contributed by atoms with Gasteiger partial charge in [-0.2, -0.15) is 4.39 Å². The van der Waals surface area contributed by atoms with Crippen LogP contribution < -0.4 is 36.0 Å². The summed E-state index contributed by atoms with van der Waals surface area (Å²) in [4.78, 5) is 54.3. The number of carbonyl (C=O) groups excluding carboxylic acids is 1. The number of rotatable bonds is 5. The van der Waals surface area contributed by atoms with Gasteiger partial charge in [0, 0.05) is 166 Å². The molecule has 0 aliphatic carbocycles. The first-order chi connectivity index (χ1) is 40.9. The number of piperazine rings is 5. The number of amides is 1. The third kappa shape index (κ3) is 15.7. The molecular formula is C60H80Cl5FIN17O2. The number of nitrogens with one attached hydrogen (secondary N) is 2.